The van der Waals surface area contributed by atoms with E-state index in [1.807, 2.05) is 30.3 Å². The van der Waals surface area contributed by atoms with Crippen molar-refractivity contribution in [2.24, 2.45) is 5.10 Å². The molecular weight excluding hydrogens is 192 g/mol. The molecule has 0 fully saturated rings. The summed E-state index contributed by atoms with van der Waals surface area (Å²) in [5.41, 5.74) is 0.924. The van der Waals surface area contributed by atoms with Gasteiger partial charge in [-0.25, -0.2) is 0 Å². The predicted molar refractivity (Wildman–Crippen MR) is 55.9 cm³/mol. The fourth-order valence-corrected chi connectivity index (χ4v) is 1.50. The van der Waals surface area contributed by atoms with E-state index in [-0.39, 0.29) is 5.91 Å². The first-order chi connectivity index (χ1) is 7.18. The SMILES string of the molecule is CC(=O)N1N=C(C)O[C@@H]1c1ccccc1. The number of carbonyl (C=O) groups is 1. The van der Waals surface area contributed by atoms with Crippen LogP contribution < -0.4 is 0 Å². The Morgan fingerprint density at radius 1 is 1.40 bits per heavy atom. The van der Waals surface area contributed by atoms with Gasteiger partial charge >= 0.3 is 0 Å². The fourth-order valence-electron chi connectivity index (χ4n) is 1.50. The van der Waals surface area contributed by atoms with Crippen molar-refractivity contribution in [2.75, 3.05) is 0 Å². The second-order valence-electron chi connectivity index (χ2n) is 3.36. The summed E-state index contributed by atoms with van der Waals surface area (Å²) in [5.74, 6) is 0.389. The molecule has 1 aliphatic heterocycles. The second-order valence-corrected chi connectivity index (χ2v) is 3.36. The molecule has 4 heteroatoms. The molecule has 1 aromatic carbocycles. The van der Waals surface area contributed by atoms with Gasteiger partial charge in [0, 0.05) is 19.4 Å². The van der Waals surface area contributed by atoms with Crippen LogP contribution in [0.4, 0.5) is 0 Å². The molecule has 0 unspecified atom stereocenters. The number of hydrazone groups is 1. The number of rotatable bonds is 1. The molecule has 1 amide bonds. The number of ether oxygens (including phenoxy) is 1. The lowest BCUT2D eigenvalue weighted by Gasteiger charge is -2.18. The van der Waals surface area contributed by atoms with E-state index in [1.165, 1.54) is 11.9 Å². The topological polar surface area (TPSA) is 41.9 Å². The van der Waals surface area contributed by atoms with Crippen LogP contribution in [0.2, 0.25) is 0 Å². The Hall–Kier alpha value is -1.84. The molecule has 2 rings (SSSR count). The third kappa shape index (κ3) is 1.83. The third-order valence-corrected chi connectivity index (χ3v) is 2.16. The zero-order chi connectivity index (χ0) is 10.8. The Balaban J connectivity index is 2.28. The standard InChI is InChI=1S/C11H12N2O2/c1-8-12-13(9(2)14)11(15-8)10-6-4-3-5-7-10/h3-7,11H,1-2H3/t11-/m1/s1. The molecule has 0 aliphatic carbocycles. The number of nitrogens with zero attached hydrogens (tertiary/aromatic N) is 2. The van der Waals surface area contributed by atoms with Crippen molar-refractivity contribution >= 4 is 11.8 Å². The van der Waals surface area contributed by atoms with Gasteiger partial charge in [0.05, 0.1) is 0 Å². The Labute approximate surface area is 88.2 Å². The number of amides is 1. The second kappa shape index (κ2) is 3.73. The summed E-state index contributed by atoms with van der Waals surface area (Å²) < 4.78 is 5.48. The number of carbonyl (C=O) groups excluding carboxylic acids is 1. The van der Waals surface area contributed by atoms with Gasteiger partial charge in [0.15, 0.2) is 0 Å². The molecule has 1 aliphatic rings. The van der Waals surface area contributed by atoms with E-state index in [9.17, 15) is 4.79 Å². The molecule has 4 nitrogen and oxygen atoms in total. The summed E-state index contributed by atoms with van der Waals surface area (Å²) in [4.78, 5) is 11.3. The van der Waals surface area contributed by atoms with Crippen LogP contribution in [0.15, 0.2) is 35.4 Å². The van der Waals surface area contributed by atoms with E-state index in [1.54, 1.807) is 6.92 Å². The van der Waals surface area contributed by atoms with E-state index in [2.05, 4.69) is 5.10 Å². The molecular formula is C11H12N2O2. The van der Waals surface area contributed by atoms with E-state index in [0.717, 1.165) is 5.56 Å². The van der Waals surface area contributed by atoms with Crippen molar-refractivity contribution in [3.8, 4) is 0 Å². The van der Waals surface area contributed by atoms with Gasteiger partial charge in [-0.3, -0.25) is 4.79 Å². The Morgan fingerprint density at radius 3 is 2.67 bits per heavy atom. The fraction of sp³-hybridized carbons (Fsp3) is 0.273. The molecule has 1 heterocycles. The highest BCUT2D eigenvalue weighted by atomic mass is 16.5. The molecule has 78 valence electrons. The van der Waals surface area contributed by atoms with Crippen molar-refractivity contribution in [1.29, 1.82) is 0 Å². The smallest absolute Gasteiger partial charge is 0.243 e. The van der Waals surface area contributed by atoms with Gasteiger partial charge < -0.3 is 4.74 Å². The van der Waals surface area contributed by atoms with Crippen LogP contribution in [-0.4, -0.2) is 16.8 Å². The number of hydrogen-bond acceptors (Lipinski definition) is 3. The molecule has 0 spiro atoms. The van der Waals surface area contributed by atoms with Crippen LogP contribution in [0.3, 0.4) is 0 Å². The van der Waals surface area contributed by atoms with E-state index in [4.69, 9.17) is 4.74 Å². The maximum absolute atomic E-state index is 11.3. The molecule has 0 aromatic heterocycles. The highest BCUT2D eigenvalue weighted by molar-refractivity contribution is 5.81. The lowest BCUT2D eigenvalue weighted by Crippen LogP contribution is -2.25. The molecule has 0 saturated carbocycles. The third-order valence-electron chi connectivity index (χ3n) is 2.16. The lowest BCUT2D eigenvalue weighted by atomic mass is 10.2. The minimum atomic E-state index is -0.413. The molecule has 0 bridgehead atoms. The highest BCUT2D eigenvalue weighted by Crippen LogP contribution is 2.27. The minimum absolute atomic E-state index is 0.124. The van der Waals surface area contributed by atoms with Crippen molar-refractivity contribution in [3.63, 3.8) is 0 Å². The van der Waals surface area contributed by atoms with Gasteiger partial charge in [0.25, 0.3) is 0 Å². The Morgan fingerprint density at radius 2 is 2.07 bits per heavy atom. The first kappa shape index (κ1) is 9.71. The summed E-state index contributed by atoms with van der Waals surface area (Å²) in [6, 6.07) is 9.56. The van der Waals surface area contributed by atoms with E-state index < -0.39 is 6.23 Å². The Bertz CT molecular complexity index is 400. The van der Waals surface area contributed by atoms with Crippen LogP contribution in [0, 0.1) is 0 Å². The van der Waals surface area contributed by atoms with Gasteiger partial charge in [0.1, 0.15) is 0 Å². The van der Waals surface area contributed by atoms with Crippen molar-refractivity contribution < 1.29 is 9.53 Å². The summed E-state index contributed by atoms with van der Waals surface area (Å²) in [7, 11) is 0. The maximum Gasteiger partial charge on any atom is 0.243 e. The first-order valence-electron chi connectivity index (χ1n) is 4.75. The van der Waals surface area contributed by atoms with E-state index >= 15 is 0 Å². The Kier molecular flexibility index (Phi) is 2.41. The highest BCUT2D eigenvalue weighted by Gasteiger charge is 2.30. The molecule has 15 heavy (non-hydrogen) atoms. The zero-order valence-corrected chi connectivity index (χ0v) is 8.68. The van der Waals surface area contributed by atoms with Crippen LogP contribution in [0.1, 0.15) is 25.6 Å². The monoisotopic (exact) mass is 204 g/mol. The molecule has 1 aromatic rings. The largest absolute Gasteiger partial charge is 0.450 e. The van der Waals surface area contributed by atoms with Gasteiger partial charge in [-0.05, 0) is 0 Å². The van der Waals surface area contributed by atoms with Crippen LogP contribution >= 0.6 is 0 Å². The molecule has 0 N–H and O–H groups in total. The molecule has 1 atom stereocenters. The summed E-state index contributed by atoms with van der Waals surface area (Å²) >= 11 is 0. The average Bonchev–Trinajstić information content (AvgIpc) is 2.62. The van der Waals surface area contributed by atoms with Crippen molar-refractivity contribution in [1.82, 2.24) is 5.01 Å². The van der Waals surface area contributed by atoms with Crippen LogP contribution in [0.25, 0.3) is 0 Å². The maximum atomic E-state index is 11.3. The number of benzene rings is 1. The van der Waals surface area contributed by atoms with Gasteiger partial charge in [-0.2, -0.15) is 5.01 Å². The van der Waals surface area contributed by atoms with Gasteiger partial charge in [-0.1, -0.05) is 30.3 Å². The van der Waals surface area contributed by atoms with Crippen molar-refractivity contribution in [2.45, 2.75) is 20.1 Å². The minimum Gasteiger partial charge on any atom is -0.450 e. The summed E-state index contributed by atoms with van der Waals surface area (Å²) in [6.07, 6.45) is -0.413. The van der Waals surface area contributed by atoms with Gasteiger partial charge in [-0.15, -0.1) is 5.10 Å². The normalized spacial score (nSPS) is 19.7. The summed E-state index contributed by atoms with van der Waals surface area (Å²) in [5, 5.41) is 5.38. The molecule has 0 radical (unpaired) electrons. The average molecular weight is 204 g/mol. The van der Waals surface area contributed by atoms with Gasteiger partial charge in [0.2, 0.25) is 18.0 Å². The quantitative estimate of drug-likeness (QED) is 0.701. The lowest BCUT2D eigenvalue weighted by molar-refractivity contribution is -0.135. The van der Waals surface area contributed by atoms with Crippen LogP contribution in [-0.2, 0) is 9.53 Å². The van der Waals surface area contributed by atoms with Crippen LogP contribution in [0.5, 0.6) is 0 Å². The molecule has 0 saturated heterocycles. The zero-order valence-electron chi connectivity index (χ0n) is 8.68. The number of hydrogen-bond donors (Lipinski definition) is 0. The van der Waals surface area contributed by atoms with Crippen molar-refractivity contribution in [3.05, 3.63) is 35.9 Å². The van der Waals surface area contributed by atoms with E-state index in [0.29, 0.717) is 5.90 Å². The summed E-state index contributed by atoms with van der Waals surface area (Å²) in [6.45, 7) is 3.21. The predicted octanol–water partition coefficient (Wildman–Crippen LogP) is 1.90. The first-order valence-corrected chi connectivity index (χ1v) is 4.75.